The van der Waals surface area contributed by atoms with Gasteiger partial charge in [0.1, 0.15) is 21.8 Å². The number of methoxy groups -OCH3 is 3. The highest BCUT2D eigenvalue weighted by atomic mass is 35.5. The van der Waals surface area contributed by atoms with Crippen LogP contribution >= 0.6 is 34.5 Å². The third-order valence-corrected chi connectivity index (χ3v) is 11.0. The van der Waals surface area contributed by atoms with Gasteiger partial charge in [-0.15, -0.1) is 11.3 Å². The highest BCUT2D eigenvalue weighted by Crippen LogP contribution is 2.42. The van der Waals surface area contributed by atoms with Crippen LogP contribution in [0.1, 0.15) is 50.0 Å². The Morgan fingerprint density at radius 2 is 1.80 bits per heavy atom. The van der Waals surface area contributed by atoms with Crippen LogP contribution in [0.15, 0.2) is 55.0 Å². The third-order valence-electron chi connectivity index (χ3n) is 9.28. The first-order chi connectivity index (χ1) is 24.1. The van der Waals surface area contributed by atoms with Crippen molar-refractivity contribution in [3.63, 3.8) is 0 Å². The van der Waals surface area contributed by atoms with Crippen LogP contribution in [0, 0.1) is 5.92 Å². The van der Waals surface area contributed by atoms with Crippen LogP contribution < -0.4 is 28.9 Å². The van der Waals surface area contributed by atoms with E-state index in [1.807, 2.05) is 0 Å². The highest BCUT2D eigenvalue weighted by molar-refractivity contribution is 7.14. The molecule has 2 bridgehead atoms. The Morgan fingerprint density at radius 3 is 2.42 bits per heavy atom. The van der Waals surface area contributed by atoms with Gasteiger partial charge in [0.25, 0.3) is 0 Å². The summed E-state index contributed by atoms with van der Waals surface area (Å²) in [5.41, 5.74) is 1.95. The van der Waals surface area contributed by atoms with Crippen molar-refractivity contribution >= 4 is 52.3 Å². The van der Waals surface area contributed by atoms with Crippen molar-refractivity contribution in [1.29, 1.82) is 0 Å². The molecule has 50 heavy (non-hydrogen) atoms. The number of carboxylic acids is 1. The number of rotatable bonds is 12. The van der Waals surface area contributed by atoms with Crippen LogP contribution in [0.2, 0.25) is 10.0 Å². The normalized spacial score (nSPS) is 18.7. The van der Waals surface area contributed by atoms with Crippen molar-refractivity contribution in [2.45, 2.75) is 37.8 Å². The average molecular weight is 744 g/mol. The summed E-state index contributed by atoms with van der Waals surface area (Å²) < 4.78 is 23.4. The molecule has 15 heteroatoms. The molecule has 4 aromatic rings. The maximum absolute atomic E-state index is 14.0. The van der Waals surface area contributed by atoms with E-state index in [-0.39, 0.29) is 45.8 Å². The number of nitrogens with zero attached hydrogens (tertiary/aromatic N) is 4. The Kier molecular flexibility index (Phi) is 10.9. The number of ether oxygens (including phenoxy) is 4. The first-order valence-corrected chi connectivity index (χ1v) is 17.5. The molecule has 0 aliphatic carbocycles. The number of aromatic carboxylic acids is 1. The number of fused-ring (bicyclic) bond motifs is 3. The fourth-order valence-corrected chi connectivity index (χ4v) is 8.41. The van der Waals surface area contributed by atoms with Crippen LogP contribution in [0.5, 0.6) is 17.4 Å². The number of anilines is 1. The fraction of sp³-hybridized carbons (Fsp3) is 0.371. The second-order valence-corrected chi connectivity index (χ2v) is 14.1. The molecular formula is C35H36Cl2N4O8S. The van der Waals surface area contributed by atoms with E-state index < -0.39 is 18.0 Å². The quantitative estimate of drug-likeness (QED) is 0.156. The zero-order valence-corrected chi connectivity index (χ0v) is 30.0. The second-order valence-electron chi connectivity index (χ2n) is 12.1. The lowest BCUT2D eigenvalue weighted by Crippen LogP contribution is -2.53. The molecule has 1 amide bonds. The molecule has 0 spiro atoms. The minimum Gasteiger partial charge on any atom is -0.544 e. The number of amides is 1. The third kappa shape index (κ3) is 7.41. The monoisotopic (exact) mass is 742 g/mol. The highest BCUT2D eigenvalue weighted by Gasteiger charge is 2.38. The Morgan fingerprint density at radius 1 is 1.08 bits per heavy atom. The Bertz CT molecular complexity index is 1860. The zero-order valence-electron chi connectivity index (χ0n) is 27.6. The molecule has 0 saturated carbocycles. The smallest absolute Gasteiger partial charge is 0.415 e. The molecular weight excluding hydrogens is 707 g/mol. The Labute approximate surface area is 303 Å². The summed E-state index contributed by atoms with van der Waals surface area (Å²) in [6.45, 7) is 2.61. The number of aromatic nitrogens is 2. The molecule has 12 nitrogen and oxygen atoms in total. The average Bonchev–Trinajstić information content (AvgIpc) is 3.54. The number of hydrogen-bond acceptors (Lipinski definition) is 11. The number of piperidine rings is 3. The van der Waals surface area contributed by atoms with Gasteiger partial charge in [-0.2, -0.15) is 0 Å². The van der Waals surface area contributed by atoms with Crippen molar-refractivity contribution in [2.75, 3.05) is 45.9 Å². The first kappa shape index (κ1) is 35.5. The number of hydrogen-bond donors (Lipinski definition) is 1. The molecule has 0 unspecified atom stereocenters. The topological polar surface area (TPSA) is 138 Å². The molecule has 3 saturated heterocycles. The maximum Gasteiger partial charge on any atom is 0.415 e. The number of carbonyl (C=O) groups is 2. The summed E-state index contributed by atoms with van der Waals surface area (Å²) in [5.74, 6) is -0.616. The van der Waals surface area contributed by atoms with E-state index in [1.54, 1.807) is 42.6 Å². The molecule has 3 aliphatic rings. The van der Waals surface area contributed by atoms with Gasteiger partial charge in [0.2, 0.25) is 18.3 Å². The summed E-state index contributed by atoms with van der Waals surface area (Å²) in [6.07, 6.45) is 5.37. The van der Waals surface area contributed by atoms with Crippen molar-refractivity contribution in [3.05, 3.63) is 91.5 Å². The van der Waals surface area contributed by atoms with Crippen LogP contribution in [0.4, 0.5) is 10.5 Å². The Balaban J connectivity index is 1.42. The van der Waals surface area contributed by atoms with Crippen LogP contribution in [0.3, 0.4) is 0 Å². The fourth-order valence-electron chi connectivity index (χ4n) is 6.76. The van der Waals surface area contributed by atoms with Crippen LogP contribution in [-0.4, -0.2) is 74.2 Å². The number of thiophene rings is 1. The Hall–Kier alpha value is -4.30. The summed E-state index contributed by atoms with van der Waals surface area (Å²) in [4.78, 5) is 35.3. The van der Waals surface area contributed by atoms with Gasteiger partial charge in [0, 0.05) is 33.8 Å². The number of benzene rings is 1. The molecule has 3 fully saturated rings. The molecule has 3 aromatic heterocycles. The lowest BCUT2D eigenvalue weighted by atomic mass is 9.85. The van der Waals surface area contributed by atoms with E-state index in [4.69, 9.17) is 42.1 Å². The van der Waals surface area contributed by atoms with Crippen molar-refractivity contribution in [2.24, 2.45) is 5.92 Å². The minimum atomic E-state index is -1.39. The zero-order chi connectivity index (χ0) is 35.5. The van der Waals surface area contributed by atoms with Gasteiger partial charge in [-0.3, -0.25) is 15.0 Å². The second kappa shape index (κ2) is 15.3. The molecule has 264 valence electrons. The summed E-state index contributed by atoms with van der Waals surface area (Å²) >= 11 is 14.1. The van der Waals surface area contributed by atoms with Gasteiger partial charge < -0.3 is 28.8 Å². The lowest BCUT2D eigenvalue weighted by Gasteiger charge is -2.44. The molecule has 0 radical (unpaired) electrons. The van der Waals surface area contributed by atoms with Crippen LogP contribution in [0.25, 0.3) is 0 Å². The number of halogens is 2. The lowest BCUT2D eigenvalue weighted by molar-refractivity contribution is -0.904. The molecule has 1 aromatic carbocycles. The number of pyridine rings is 2. The van der Waals surface area contributed by atoms with Crippen molar-refractivity contribution in [3.8, 4) is 17.4 Å². The maximum atomic E-state index is 14.0. The summed E-state index contributed by atoms with van der Waals surface area (Å²) in [7, 11) is 4.49. The molecule has 2 atom stereocenters. The predicted molar refractivity (Wildman–Crippen MR) is 184 cm³/mol. The van der Waals surface area contributed by atoms with E-state index in [9.17, 15) is 19.9 Å². The van der Waals surface area contributed by atoms with Gasteiger partial charge >= 0.3 is 6.09 Å². The summed E-state index contributed by atoms with van der Waals surface area (Å²) in [5, 5.41) is 23.1. The van der Waals surface area contributed by atoms with E-state index in [0.29, 0.717) is 45.3 Å². The molecule has 7 rings (SSSR count). The summed E-state index contributed by atoms with van der Waals surface area (Å²) in [6, 6.07) is 10.4. The molecule has 1 N–H and O–H groups in total. The van der Waals surface area contributed by atoms with Crippen molar-refractivity contribution < 1.29 is 43.6 Å². The first-order valence-electron chi connectivity index (χ1n) is 15.9. The van der Waals surface area contributed by atoms with Gasteiger partial charge in [-0.25, -0.2) is 9.78 Å². The molecule has 6 heterocycles. The van der Waals surface area contributed by atoms with E-state index in [2.05, 4.69) is 9.88 Å². The van der Waals surface area contributed by atoms with Gasteiger partial charge in [-0.05, 0) is 79.7 Å². The number of carbonyl (C=O) groups excluding carboxylic acids is 2. The van der Waals surface area contributed by atoms with E-state index >= 15 is 0 Å². The predicted octanol–water partition coefficient (Wildman–Crippen LogP) is 4.98. The number of carboxylic acid groups (broad SMARTS) is 1. The van der Waals surface area contributed by atoms with Crippen molar-refractivity contribution in [1.82, 2.24) is 9.88 Å². The van der Waals surface area contributed by atoms with E-state index in [1.165, 1.54) is 38.6 Å². The SMILES string of the molecule is COc1ccc([C@H](Cc2c(Cl)c[n+](O)cc2Cl)c2cc(CN(C(=O)O[C@H]3CN4CCC3CC4)c3cccnc3OC)sc2C(=O)[O-])cc1OC. The standard InChI is InChI=1S/C35H36Cl2N4O8S/c1-46-29-7-6-21(13-30(29)47-2)23(15-25-26(36)17-40(45)18-27(25)37)24-14-22(50-32(24)34(42)43)16-41(28-5-4-10-38-33(28)48-3)35(44)49-31-19-39-11-8-20(31)9-12-39/h4-7,10,13-14,17-18,20,23,31H,8-9,11-12,15-16,19H2,1-3H3,(H-,42,43,45)/t23-,31-/m0/s1. The minimum absolute atomic E-state index is 0.0379. The van der Waals surface area contributed by atoms with Crippen LogP contribution in [-0.2, 0) is 17.7 Å². The van der Waals surface area contributed by atoms with Gasteiger partial charge in [0.15, 0.2) is 11.5 Å². The van der Waals surface area contributed by atoms with Gasteiger partial charge in [-0.1, -0.05) is 29.3 Å². The largest absolute Gasteiger partial charge is 0.544 e. The van der Waals surface area contributed by atoms with Gasteiger partial charge in [0.05, 0.1) is 38.7 Å². The molecule has 3 aliphatic heterocycles. The van der Waals surface area contributed by atoms with E-state index in [0.717, 1.165) is 42.0 Å².